The standard InChI is InChI=1S/C46H58N14O35P4/c47-21-1-5-56(43(71)52-21)39-28(67)32(16(9-61)87-39)92-97(77,78)84-11-18-34(30(69)41(89-18)58-7-3-23(63)54-45(58)73)94-99(81,82)86-13-20-35(31(70)42(91-20)59-8-4-24(64)55-46(59)74)95-98(79,80)85-12-19-33(29(68)40(90-19)57-6-2-22(62)53-44(57)72)93-96(75,76)83-10-17-26(65)27(66)38(88-17)60-15-51-25-36(48)49-14-50-37(25)60/h1-8,14-20,26-35,38-42,61,65-70H,9-13H2,(H,75,76)(H,77,78)(H,79,80)(H,81,82)(H2,47,52,71)(H2,48,49,50)(H,53,62,72)(H,54,63,73)(H,55,64,74)/t16-,17-,18-,19-,20-,26-,27-,28-,29-,30-,31-,32-,33-,34-,35-,38-,39-,40-,41-,42-/m1/s1. The number of phosphoric acid groups is 4. The number of ether oxygens (including phenoxy) is 5. The molecule has 6 aromatic rings. The van der Waals surface area contributed by atoms with E-state index < -0.39 is 226 Å². The van der Waals surface area contributed by atoms with E-state index in [-0.39, 0.29) is 22.8 Å². The van der Waals surface area contributed by atoms with Gasteiger partial charge in [-0.15, -0.1) is 0 Å². The summed E-state index contributed by atoms with van der Waals surface area (Å²) in [7, 11) is -23.1. The molecule has 0 radical (unpaired) electrons. The normalized spacial score (nSPS) is 33.4. The third-order valence-corrected chi connectivity index (χ3v) is 19.5. The predicted octanol–water partition coefficient (Wildman–Crippen LogP) is -8.45. The van der Waals surface area contributed by atoms with Crippen LogP contribution in [0.2, 0.25) is 0 Å². The van der Waals surface area contributed by atoms with Gasteiger partial charge >= 0.3 is 54.0 Å². The topological polar surface area (TPSA) is 706 Å². The summed E-state index contributed by atoms with van der Waals surface area (Å²) in [5.41, 5.74) is 3.73. The van der Waals surface area contributed by atoms with Crippen LogP contribution >= 0.6 is 31.3 Å². The molecule has 99 heavy (non-hydrogen) atoms. The first-order chi connectivity index (χ1) is 46.6. The van der Waals surface area contributed by atoms with Crippen LogP contribution in [0.25, 0.3) is 11.2 Å². The summed E-state index contributed by atoms with van der Waals surface area (Å²) in [4.78, 5) is 153. The van der Waals surface area contributed by atoms with Gasteiger partial charge in [0.15, 0.2) is 42.6 Å². The third kappa shape index (κ3) is 15.8. The van der Waals surface area contributed by atoms with E-state index in [1.54, 1.807) is 0 Å². The molecule has 53 heteroatoms. The molecule has 5 aliphatic rings. The SMILES string of the molecule is Nc1ccn([C@@H]2O[C@H](CO)[C@@H](OP(=O)(O)OC[C@H]3O[C@@H](n4ccc(=O)[nH]c4=O)[C@H](O)[C@@H]3OP(=O)(O)OC[C@H]3O[C@@H](n4ccc(=O)[nH]c4=O)[C@H](O)[C@@H]3OP(=O)(O)OC[C@H]3O[C@@H](n4ccc(=O)[nH]c4=O)[C@H](O)[C@@H]3OP(=O)(O)OC[C@H]3O[C@@H](n4cnc5c(N)ncnc54)[C@H](O)[C@@H]3O)[C@H]2O)c(=O)n1. The minimum atomic E-state index is -5.92. The van der Waals surface area contributed by atoms with Crippen LogP contribution in [-0.4, -0.2) is 238 Å². The quantitative estimate of drug-likeness (QED) is 0.0224. The third-order valence-electron chi connectivity index (χ3n) is 15.5. The smallest absolute Gasteiger partial charge is 0.394 e. The van der Waals surface area contributed by atoms with Gasteiger partial charge in [-0.3, -0.25) is 88.4 Å². The molecule has 0 amide bonds. The molecule has 5 saturated heterocycles. The highest BCUT2D eigenvalue weighted by molar-refractivity contribution is 7.48. The molecule has 49 nitrogen and oxygen atoms in total. The first kappa shape index (κ1) is 73.3. The van der Waals surface area contributed by atoms with Crippen molar-refractivity contribution in [1.29, 1.82) is 0 Å². The van der Waals surface area contributed by atoms with Crippen molar-refractivity contribution in [2.45, 2.75) is 123 Å². The van der Waals surface area contributed by atoms with Gasteiger partial charge in [0.2, 0.25) is 0 Å². The Bertz CT molecular complexity index is 4610. The minimum Gasteiger partial charge on any atom is -0.394 e. The summed E-state index contributed by atoms with van der Waals surface area (Å²) >= 11 is 0. The van der Waals surface area contributed by atoms with Crippen LogP contribution in [0.4, 0.5) is 11.6 Å². The second-order valence-electron chi connectivity index (χ2n) is 22.0. The van der Waals surface area contributed by atoms with Crippen LogP contribution in [0, 0.1) is 0 Å². The highest BCUT2D eigenvalue weighted by Crippen LogP contribution is 2.55. The maximum Gasteiger partial charge on any atom is 0.472 e. The molecule has 5 aliphatic heterocycles. The van der Waals surface area contributed by atoms with Crippen LogP contribution in [0.5, 0.6) is 0 Å². The Balaban J connectivity index is 0.793. The zero-order chi connectivity index (χ0) is 71.5. The molecule has 0 saturated carbocycles. The number of imidazole rings is 1. The zero-order valence-electron chi connectivity index (χ0n) is 49.5. The van der Waals surface area contributed by atoms with Crippen molar-refractivity contribution in [2.24, 2.45) is 0 Å². The molecule has 6 aromatic heterocycles. The zero-order valence-corrected chi connectivity index (χ0v) is 53.1. The Morgan fingerprint density at radius 3 is 1.17 bits per heavy atom. The number of aromatic nitrogens is 12. The summed E-state index contributed by atoms with van der Waals surface area (Å²) in [5, 5.41) is 77.7. The monoisotopic (exact) mass is 1490 g/mol. The van der Waals surface area contributed by atoms with Crippen molar-refractivity contribution < 1.29 is 133 Å². The van der Waals surface area contributed by atoms with Crippen molar-refractivity contribution >= 4 is 54.1 Å². The summed E-state index contributed by atoms with van der Waals surface area (Å²) in [6, 6.07) is 3.44. The van der Waals surface area contributed by atoms with Crippen LogP contribution in [0.1, 0.15) is 31.1 Å². The number of hydrogen-bond donors (Lipinski definition) is 16. The Kier molecular flexibility index (Phi) is 21.3. The Morgan fingerprint density at radius 1 is 0.444 bits per heavy atom. The maximum absolute atomic E-state index is 14.1. The van der Waals surface area contributed by atoms with E-state index in [2.05, 4.69) is 19.9 Å². The van der Waals surface area contributed by atoms with Gasteiger partial charge in [-0.05, 0) is 6.07 Å². The molecule has 0 bridgehead atoms. The van der Waals surface area contributed by atoms with Gasteiger partial charge in [0, 0.05) is 43.0 Å². The molecule has 18 N–H and O–H groups in total. The highest BCUT2D eigenvalue weighted by atomic mass is 31.2. The van der Waals surface area contributed by atoms with E-state index in [1.807, 2.05) is 15.0 Å². The maximum atomic E-state index is 14.1. The lowest BCUT2D eigenvalue weighted by molar-refractivity contribution is -0.0663. The van der Waals surface area contributed by atoms with E-state index in [9.17, 15) is 107 Å². The molecule has 4 unspecified atom stereocenters. The van der Waals surface area contributed by atoms with Gasteiger partial charge in [0.1, 0.15) is 109 Å². The number of nitrogens with zero attached hydrogens (tertiary/aromatic N) is 9. The molecule has 24 atom stereocenters. The lowest BCUT2D eigenvalue weighted by Gasteiger charge is -2.27. The van der Waals surface area contributed by atoms with Crippen molar-refractivity contribution in [2.75, 3.05) is 44.5 Å². The lowest BCUT2D eigenvalue weighted by atomic mass is 10.1. The number of aromatic amines is 3. The fourth-order valence-corrected chi connectivity index (χ4v) is 14.8. The second-order valence-corrected chi connectivity index (χ2v) is 27.6. The van der Waals surface area contributed by atoms with E-state index in [0.29, 0.717) is 18.3 Å². The van der Waals surface area contributed by atoms with Crippen LogP contribution in [-0.2, 0) is 78.1 Å². The molecule has 11 rings (SSSR count). The number of nitrogen functional groups attached to an aromatic ring is 2. The molecule has 0 aliphatic carbocycles. The van der Waals surface area contributed by atoms with Gasteiger partial charge in [-0.2, -0.15) is 4.98 Å². The lowest BCUT2D eigenvalue weighted by Crippen LogP contribution is -2.40. The summed E-state index contributed by atoms with van der Waals surface area (Å²) in [6.07, 6.45) is -35.0. The molecule has 542 valence electrons. The fourth-order valence-electron chi connectivity index (χ4n) is 10.9. The first-order valence-corrected chi connectivity index (χ1v) is 34.4. The molecular weight excluding hydrogens is 1430 g/mol. The number of aliphatic hydroxyl groups excluding tert-OH is 7. The molecular formula is C46H58N14O35P4. The van der Waals surface area contributed by atoms with E-state index in [1.165, 1.54) is 4.57 Å². The Labute approximate surface area is 545 Å². The number of H-pyrrole nitrogens is 3. The van der Waals surface area contributed by atoms with E-state index >= 15 is 0 Å². The number of anilines is 2. The van der Waals surface area contributed by atoms with E-state index in [4.69, 9.17) is 71.3 Å². The molecule has 0 aromatic carbocycles. The molecule has 5 fully saturated rings. The average molecular weight is 1490 g/mol. The largest absolute Gasteiger partial charge is 0.472 e. The van der Waals surface area contributed by atoms with Crippen LogP contribution in [0.3, 0.4) is 0 Å². The van der Waals surface area contributed by atoms with Gasteiger partial charge in [0.25, 0.3) is 16.7 Å². The number of aliphatic hydroxyl groups is 7. The van der Waals surface area contributed by atoms with Crippen molar-refractivity contribution in [3.63, 3.8) is 0 Å². The van der Waals surface area contributed by atoms with Crippen molar-refractivity contribution in [3.05, 3.63) is 135 Å². The first-order valence-electron chi connectivity index (χ1n) is 28.4. The average Bonchev–Trinajstić information content (AvgIpc) is 1.65. The summed E-state index contributed by atoms with van der Waals surface area (Å²) < 4.78 is 128. The Morgan fingerprint density at radius 2 is 0.788 bits per heavy atom. The van der Waals surface area contributed by atoms with Crippen LogP contribution < -0.4 is 50.9 Å². The number of rotatable bonds is 26. The van der Waals surface area contributed by atoms with Gasteiger partial charge < -0.3 is 90.5 Å². The van der Waals surface area contributed by atoms with Gasteiger partial charge in [-0.1, -0.05) is 0 Å². The molecule has 11 heterocycles. The van der Waals surface area contributed by atoms with Gasteiger partial charge in [-0.25, -0.2) is 52.4 Å². The fraction of sp³-hybridized carbons (Fsp3) is 0.543. The van der Waals surface area contributed by atoms with Gasteiger partial charge in [0.05, 0.1) is 39.4 Å². The predicted molar refractivity (Wildman–Crippen MR) is 312 cm³/mol. The summed E-state index contributed by atoms with van der Waals surface area (Å²) in [6.45, 7) is -6.24. The van der Waals surface area contributed by atoms with E-state index in [0.717, 1.165) is 61.7 Å². The number of nitrogens with one attached hydrogen (secondary N) is 3. The highest BCUT2D eigenvalue weighted by Gasteiger charge is 2.56. The minimum absolute atomic E-state index is 0.0448. The second kappa shape index (κ2) is 28.8. The number of hydrogen-bond acceptors (Lipinski definition) is 37. The van der Waals surface area contributed by atoms with Crippen molar-refractivity contribution in [1.82, 2.24) is 57.7 Å². The number of phosphoric ester groups is 4. The van der Waals surface area contributed by atoms with Crippen molar-refractivity contribution in [3.8, 4) is 0 Å². The summed E-state index contributed by atoms with van der Waals surface area (Å²) in [5.74, 6) is -0.289. The molecule has 0 spiro atoms. The van der Waals surface area contributed by atoms with Crippen LogP contribution in [0.15, 0.2) is 95.3 Å². The number of nitrogens with two attached hydrogens (primary N) is 2. The Hall–Kier alpha value is -6.97. The number of fused-ring (bicyclic) bond motifs is 1.